The second kappa shape index (κ2) is 9.40. The van der Waals surface area contributed by atoms with Gasteiger partial charge in [-0.2, -0.15) is 5.10 Å². The van der Waals surface area contributed by atoms with Gasteiger partial charge in [-0.05, 0) is 71.1 Å². The van der Waals surface area contributed by atoms with Crippen LogP contribution in [0.25, 0.3) is 0 Å². The Labute approximate surface area is 246 Å². The minimum atomic E-state index is -1.09. The van der Waals surface area contributed by atoms with Crippen LogP contribution in [-0.4, -0.2) is 23.9 Å². The average Bonchev–Trinajstić information content (AvgIpc) is 3.25. The molecule has 0 radical (unpaired) electrons. The lowest BCUT2D eigenvalue weighted by Gasteiger charge is -2.52. The summed E-state index contributed by atoms with van der Waals surface area (Å²) in [5.74, 6) is -2.71. The lowest BCUT2D eigenvalue weighted by molar-refractivity contribution is -0.122. The van der Waals surface area contributed by atoms with E-state index in [-0.39, 0.29) is 17.7 Å². The fraction of sp³-hybridized carbons (Fsp3) is 0.152. The zero-order valence-electron chi connectivity index (χ0n) is 21.8. The van der Waals surface area contributed by atoms with Gasteiger partial charge in [0.15, 0.2) is 0 Å². The molecule has 3 amide bonds. The molecular formula is C33H23Cl2N3O3. The first kappa shape index (κ1) is 25.7. The van der Waals surface area contributed by atoms with Gasteiger partial charge in [0.1, 0.15) is 0 Å². The number of carbonyl (C=O) groups is 3. The first-order valence-electron chi connectivity index (χ1n) is 13.3. The second-order valence-corrected chi connectivity index (χ2v) is 11.5. The molecule has 0 spiro atoms. The Morgan fingerprint density at radius 1 is 0.878 bits per heavy atom. The number of aryl methyl sites for hydroxylation is 1. The molecule has 202 valence electrons. The number of rotatable bonds is 4. The molecule has 8 rings (SSSR count). The van der Waals surface area contributed by atoms with Crippen LogP contribution >= 0.6 is 23.2 Å². The third-order valence-corrected chi connectivity index (χ3v) is 9.30. The van der Waals surface area contributed by atoms with Crippen molar-refractivity contribution in [2.24, 2.45) is 16.9 Å². The van der Waals surface area contributed by atoms with E-state index in [4.69, 9.17) is 23.2 Å². The summed E-state index contributed by atoms with van der Waals surface area (Å²) in [6.45, 7) is 1.87. The van der Waals surface area contributed by atoms with E-state index in [0.717, 1.165) is 27.8 Å². The largest absolute Gasteiger partial charge is 0.274 e. The highest BCUT2D eigenvalue weighted by Gasteiger charge is 2.68. The second-order valence-electron chi connectivity index (χ2n) is 10.7. The highest BCUT2D eigenvalue weighted by molar-refractivity contribution is 6.32. The number of halogens is 2. The maximum Gasteiger partial charge on any atom is 0.271 e. The zero-order valence-corrected chi connectivity index (χ0v) is 23.4. The van der Waals surface area contributed by atoms with Crippen LogP contribution in [0.15, 0.2) is 96.1 Å². The van der Waals surface area contributed by atoms with Crippen LogP contribution in [0.5, 0.6) is 0 Å². The third-order valence-electron chi connectivity index (χ3n) is 8.64. The van der Waals surface area contributed by atoms with Gasteiger partial charge in [-0.25, -0.2) is 10.3 Å². The molecule has 0 aromatic heterocycles. The highest BCUT2D eigenvalue weighted by Crippen LogP contribution is 2.63. The summed E-state index contributed by atoms with van der Waals surface area (Å²) < 4.78 is 0. The van der Waals surface area contributed by atoms with Gasteiger partial charge in [0, 0.05) is 27.7 Å². The van der Waals surface area contributed by atoms with Crippen LogP contribution < -0.4 is 10.3 Å². The number of hydrogen-bond donors (Lipinski definition) is 1. The Morgan fingerprint density at radius 3 is 2.15 bits per heavy atom. The molecule has 41 heavy (non-hydrogen) atoms. The van der Waals surface area contributed by atoms with Gasteiger partial charge >= 0.3 is 0 Å². The van der Waals surface area contributed by atoms with E-state index < -0.39 is 23.2 Å². The molecule has 6 nitrogen and oxygen atoms in total. The number of nitrogens with zero attached hydrogens (tertiary/aromatic N) is 2. The maximum absolute atomic E-state index is 14.4. The first-order chi connectivity index (χ1) is 19.8. The summed E-state index contributed by atoms with van der Waals surface area (Å²) in [7, 11) is 0. The summed E-state index contributed by atoms with van der Waals surface area (Å²) >= 11 is 12.4. The van der Waals surface area contributed by atoms with Crippen molar-refractivity contribution in [2.45, 2.75) is 18.3 Å². The lowest BCUT2D eigenvalue weighted by Crippen LogP contribution is -2.54. The van der Waals surface area contributed by atoms with E-state index in [9.17, 15) is 14.4 Å². The predicted octanol–water partition coefficient (Wildman–Crippen LogP) is 6.27. The molecule has 0 unspecified atom stereocenters. The van der Waals surface area contributed by atoms with Crippen LogP contribution in [-0.2, 0) is 15.0 Å². The number of amides is 3. The number of imide groups is 1. The lowest BCUT2D eigenvalue weighted by atomic mass is 9.47. The minimum Gasteiger partial charge on any atom is -0.274 e. The molecular weight excluding hydrogens is 557 g/mol. The van der Waals surface area contributed by atoms with Crippen LogP contribution in [0.2, 0.25) is 10.0 Å². The van der Waals surface area contributed by atoms with E-state index in [1.807, 2.05) is 61.5 Å². The Kier molecular flexibility index (Phi) is 5.89. The normalized spacial score (nSPS) is 23.9. The number of anilines is 1. The van der Waals surface area contributed by atoms with Gasteiger partial charge < -0.3 is 0 Å². The van der Waals surface area contributed by atoms with Crippen molar-refractivity contribution >= 4 is 52.8 Å². The van der Waals surface area contributed by atoms with Gasteiger partial charge in [0.05, 0.1) is 22.9 Å². The number of carbonyl (C=O) groups excluding carboxylic acids is 3. The molecule has 1 fully saturated rings. The number of hydrogen-bond acceptors (Lipinski definition) is 4. The summed E-state index contributed by atoms with van der Waals surface area (Å²) in [5.41, 5.74) is 6.99. The standard InChI is InChI=1S/C33H23Cl2N3O3/c1-18-10-15-21(16-26(18)35)38-31(40)28-27-22-6-2-4-8-24(22)33(29(28)32(38)41,25-9-5-3-7-23(25)27)17-36-37-30(39)19-11-13-20(34)14-12-19/h2-17,27-29H,1H3,(H,37,39)/b36-17+/t27?,28-,29+,33?/m0/s1. The van der Waals surface area contributed by atoms with Crippen molar-refractivity contribution in [2.75, 3.05) is 4.90 Å². The highest BCUT2D eigenvalue weighted by atomic mass is 35.5. The smallest absolute Gasteiger partial charge is 0.271 e. The van der Waals surface area contributed by atoms with Crippen LogP contribution in [0.3, 0.4) is 0 Å². The first-order valence-corrected chi connectivity index (χ1v) is 14.0. The minimum absolute atomic E-state index is 0.267. The van der Waals surface area contributed by atoms with Crippen molar-refractivity contribution in [1.29, 1.82) is 0 Å². The monoisotopic (exact) mass is 579 g/mol. The number of nitrogens with one attached hydrogen (secondary N) is 1. The Bertz CT molecular complexity index is 1750. The van der Waals surface area contributed by atoms with Gasteiger partial charge in [-0.15, -0.1) is 0 Å². The average molecular weight is 580 g/mol. The molecule has 4 aliphatic rings. The Hall–Kier alpha value is -4.26. The summed E-state index contributed by atoms with van der Waals surface area (Å²) in [6.07, 6.45) is 1.64. The van der Waals surface area contributed by atoms with E-state index in [1.165, 1.54) is 4.90 Å². The van der Waals surface area contributed by atoms with Crippen molar-refractivity contribution in [3.05, 3.63) is 134 Å². The third kappa shape index (κ3) is 3.64. The molecule has 8 heteroatoms. The summed E-state index contributed by atoms with van der Waals surface area (Å²) in [6, 6.07) is 27.5. The topological polar surface area (TPSA) is 78.8 Å². The molecule has 4 aromatic carbocycles. The van der Waals surface area contributed by atoms with Gasteiger partial charge in [-0.3, -0.25) is 14.4 Å². The molecule has 1 N–H and O–H groups in total. The maximum atomic E-state index is 14.4. The molecule has 1 heterocycles. The zero-order chi connectivity index (χ0) is 28.5. The summed E-state index contributed by atoms with van der Waals surface area (Å²) in [5, 5.41) is 5.44. The Morgan fingerprint density at radius 2 is 1.51 bits per heavy atom. The Balaban J connectivity index is 1.39. The van der Waals surface area contributed by atoms with E-state index in [0.29, 0.717) is 21.3 Å². The van der Waals surface area contributed by atoms with E-state index in [2.05, 4.69) is 10.5 Å². The fourth-order valence-electron chi connectivity index (χ4n) is 6.88. The molecule has 0 saturated carbocycles. The molecule has 2 atom stereocenters. The quantitative estimate of drug-likeness (QED) is 0.176. The van der Waals surface area contributed by atoms with E-state index in [1.54, 1.807) is 42.6 Å². The number of hydrazone groups is 1. The number of benzene rings is 4. The molecule has 2 bridgehead atoms. The van der Waals surface area contributed by atoms with Crippen molar-refractivity contribution < 1.29 is 14.4 Å². The molecule has 4 aromatic rings. The van der Waals surface area contributed by atoms with Gasteiger partial charge in [0.25, 0.3) is 5.91 Å². The predicted molar refractivity (Wildman–Crippen MR) is 159 cm³/mol. The molecule has 3 aliphatic carbocycles. The van der Waals surface area contributed by atoms with Crippen LogP contribution in [0.4, 0.5) is 5.69 Å². The molecule has 1 aliphatic heterocycles. The molecule has 1 saturated heterocycles. The van der Waals surface area contributed by atoms with Crippen molar-refractivity contribution in [1.82, 2.24) is 5.43 Å². The van der Waals surface area contributed by atoms with Crippen LogP contribution in [0, 0.1) is 18.8 Å². The van der Waals surface area contributed by atoms with Gasteiger partial charge in [0.2, 0.25) is 11.8 Å². The fourth-order valence-corrected chi connectivity index (χ4v) is 7.18. The van der Waals surface area contributed by atoms with Crippen LogP contribution in [0.1, 0.15) is 44.1 Å². The van der Waals surface area contributed by atoms with Crippen molar-refractivity contribution in [3.63, 3.8) is 0 Å². The summed E-state index contributed by atoms with van der Waals surface area (Å²) in [4.78, 5) is 42.8. The van der Waals surface area contributed by atoms with E-state index >= 15 is 0 Å². The van der Waals surface area contributed by atoms with Gasteiger partial charge in [-0.1, -0.05) is 77.8 Å². The SMILES string of the molecule is Cc1ccc(N2C(=O)[C@H]3C4c5ccccc5C(/C=N/NC(=O)c5ccc(Cl)cc5)(c5ccccc54)[C@H]3C2=O)cc1Cl. The van der Waals surface area contributed by atoms with Crippen molar-refractivity contribution in [3.8, 4) is 0 Å².